The molecule has 0 atom stereocenters. The first-order valence-electron chi connectivity index (χ1n) is 7.40. The molecule has 3 aromatic rings. The van der Waals surface area contributed by atoms with Gasteiger partial charge >= 0.3 is 0 Å². The highest BCUT2D eigenvalue weighted by Gasteiger charge is 2.21. The van der Waals surface area contributed by atoms with Crippen molar-refractivity contribution in [2.75, 3.05) is 5.73 Å². The standard InChI is InChI=1S/C16H14N6S/c17-13-6-4-10(8-12(13)16-19-21-22-20-16)5-7-15-18-14(9-23-15)11-2-1-3-11/h4,6,8-9,11H,1-3,17H2,(H,19,20,21,22). The molecule has 2 heterocycles. The van der Waals surface area contributed by atoms with Gasteiger partial charge in [-0.05, 0) is 42.2 Å². The minimum absolute atomic E-state index is 0.465. The number of anilines is 1. The van der Waals surface area contributed by atoms with Crippen molar-refractivity contribution >= 4 is 17.0 Å². The van der Waals surface area contributed by atoms with Gasteiger partial charge in [0.05, 0.1) is 5.69 Å². The van der Waals surface area contributed by atoms with Crippen molar-refractivity contribution in [2.24, 2.45) is 0 Å². The van der Waals surface area contributed by atoms with E-state index in [9.17, 15) is 0 Å². The molecular weight excluding hydrogens is 308 g/mol. The maximum atomic E-state index is 5.97. The van der Waals surface area contributed by atoms with Crippen LogP contribution in [0, 0.1) is 11.8 Å². The molecular formula is C16H14N6S. The average molecular weight is 322 g/mol. The Bertz CT molecular complexity index is 883. The van der Waals surface area contributed by atoms with Crippen LogP contribution in [0.3, 0.4) is 0 Å². The van der Waals surface area contributed by atoms with Crippen molar-refractivity contribution in [3.05, 3.63) is 39.8 Å². The van der Waals surface area contributed by atoms with Gasteiger partial charge in [-0.2, -0.15) is 5.21 Å². The van der Waals surface area contributed by atoms with E-state index in [1.165, 1.54) is 25.0 Å². The minimum Gasteiger partial charge on any atom is -0.398 e. The van der Waals surface area contributed by atoms with Crippen LogP contribution in [-0.4, -0.2) is 25.6 Å². The predicted molar refractivity (Wildman–Crippen MR) is 88.7 cm³/mol. The Labute approximate surface area is 137 Å². The topological polar surface area (TPSA) is 93.4 Å². The molecule has 0 unspecified atom stereocenters. The molecule has 1 aliphatic carbocycles. The third-order valence-corrected chi connectivity index (χ3v) is 4.77. The molecule has 4 rings (SSSR count). The summed E-state index contributed by atoms with van der Waals surface area (Å²) in [5.74, 6) is 7.37. The molecule has 114 valence electrons. The van der Waals surface area contributed by atoms with E-state index in [1.807, 2.05) is 12.1 Å². The third-order valence-electron chi connectivity index (χ3n) is 4.00. The number of nitrogens with zero attached hydrogens (tertiary/aromatic N) is 4. The summed E-state index contributed by atoms with van der Waals surface area (Å²) in [7, 11) is 0. The summed E-state index contributed by atoms with van der Waals surface area (Å²) >= 11 is 1.60. The second-order valence-corrected chi connectivity index (χ2v) is 6.35. The number of nitrogen functional groups attached to an aromatic ring is 1. The normalized spacial score (nSPS) is 14.1. The molecule has 0 aliphatic heterocycles. The SMILES string of the molecule is Nc1ccc(C#Cc2nc(C3CCC3)cs2)cc1-c1nn[nH]n1. The van der Waals surface area contributed by atoms with Gasteiger partial charge in [-0.3, -0.25) is 0 Å². The molecule has 2 aromatic heterocycles. The monoisotopic (exact) mass is 322 g/mol. The van der Waals surface area contributed by atoms with Gasteiger partial charge in [-0.15, -0.1) is 21.5 Å². The molecule has 1 aliphatic rings. The van der Waals surface area contributed by atoms with Crippen molar-refractivity contribution in [3.8, 4) is 23.2 Å². The number of aromatic amines is 1. The van der Waals surface area contributed by atoms with Crippen molar-refractivity contribution in [1.82, 2.24) is 25.6 Å². The van der Waals surface area contributed by atoms with E-state index in [-0.39, 0.29) is 0 Å². The lowest BCUT2D eigenvalue weighted by Crippen LogP contribution is -2.08. The van der Waals surface area contributed by atoms with Gasteiger partial charge < -0.3 is 5.73 Å². The molecule has 23 heavy (non-hydrogen) atoms. The number of thiazole rings is 1. The fourth-order valence-corrected chi connectivity index (χ4v) is 3.21. The first-order chi connectivity index (χ1) is 11.3. The van der Waals surface area contributed by atoms with Gasteiger partial charge in [0, 0.05) is 28.1 Å². The summed E-state index contributed by atoms with van der Waals surface area (Å²) in [6.45, 7) is 0. The molecule has 3 N–H and O–H groups in total. The van der Waals surface area contributed by atoms with E-state index in [0.29, 0.717) is 17.4 Å². The Balaban J connectivity index is 1.60. The molecule has 0 bridgehead atoms. The lowest BCUT2D eigenvalue weighted by atomic mass is 9.83. The van der Waals surface area contributed by atoms with E-state index >= 15 is 0 Å². The van der Waals surface area contributed by atoms with Crippen LogP contribution in [0.4, 0.5) is 5.69 Å². The van der Waals surface area contributed by atoms with E-state index < -0.39 is 0 Å². The average Bonchev–Trinajstić information content (AvgIpc) is 3.16. The smallest absolute Gasteiger partial charge is 0.206 e. The molecule has 7 heteroatoms. The van der Waals surface area contributed by atoms with Crippen LogP contribution < -0.4 is 5.73 Å². The number of nitrogens with two attached hydrogens (primary N) is 1. The summed E-state index contributed by atoms with van der Waals surface area (Å²) in [6, 6.07) is 5.55. The first kappa shape index (κ1) is 13.9. The van der Waals surface area contributed by atoms with Crippen LogP contribution in [0.15, 0.2) is 23.6 Å². The van der Waals surface area contributed by atoms with E-state index in [2.05, 4.69) is 42.8 Å². The zero-order valence-corrected chi connectivity index (χ0v) is 13.1. The van der Waals surface area contributed by atoms with Crippen molar-refractivity contribution in [2.45, 2.75) is 25.2 Å². The van der Waals surface area contributed by atoms with Crippen LogP contribution in [0.2, 0.25) is 0 Å². The molecule has 1 aromatic carbocycles. The van der Waals surface area contributed by atoms with Crippen molar-refractivity contribution in [1.29, 1.82) is 0 Å². The fraction of sp³-hybridized carbons (Fsp3) is 0.250. The number of H-pyrrole nitrogens is 1. The molecule has 0 spiro atoms. The lowest BCUT2D eigenvalue weighted by molar-refractivity contribution is 0.412. The quantitative estimate of drug-likeness (QED) is 0.559. The summed E-state index contributed by atoms with van der Waals surface area (Å²) in [4.78, 5) is 4.62. The number of tetrazole rings is 1. The maximum Gasteiger partial charge on any atom is 0.206 e. The third kappa shape index (κ3) is 2.81. The van der Waals surface area contributed by atoms with E-state index in [1.54, 1.807) is 17.4 Å². The number of aromatic nitrogens is 5. The Morgan fingerprint density at radius 3 is 2.91 bits per heavy atom. The van der Waals surface area contributed by atoms with Crippen LogP contribution in [0.1, 0.15) is 41.4 Å². The van der Waals surface area contributed by atoms with Gasteiger partial charge in [0.25, 0.3) is 0 Å². The second kappa shape index (κ2) is 5.82. The van der Waals surface area contributed by atoms with Gasteiger partial charge in [-0.1, -0.05) is 12.3 Å². The molecule has 1 fully saturated rings. The number of nitrogens with one attached hydrogen (secondary N) is 1. The summed E-state index contributed by atoms with van der Waals surface area (Å²) in [6.07, 6.45) is 3.82. The molecule has 1 saturated carbocycles. The van der Waals surface area contributed by atoms with Crippen molar-refractivity contribution in [3.63, 3.8) is 0 Å². The number of benzene rings is 1. The number of rotatable bonds is 2. The predicted octanol–water partition coefficient (Wildman–Crippen LogP) is 2.57. The zero-order valence-electron chi connectivity index (χ0n) is 12.3. The molecule has 0 amide bonds. The molecule has 6 nitrogen and oxygen atoms in total. The second-order valence-electron chi connectivity index (χ2n) is 5.49. The Kier molecular flexibility index (Phi) is 3.52. The number of hydrogen-bond donors (Lipinski definition) is 2. The lowest BCUT2D eigenvalue weighted by Gasteiger charge is -2.22. The Hall–Kier alpha value is -2.72. The van der Waals surface area contributed by atoms with Crippen LogP contribution in [0.25, 0.3) is 11.4 Å². The maximum absolute atomic E-state index is 5.97. The summed E-state index contributed by atoms with van der Waals surface area (Å²) in [5, 5.41) is 16.9. The zero-order chi connectivity index (χ0) is 15.6. The summed E-state index contributed by atoms with van der Waals surface area (Å²) in [5.41, 5.74) is 9.32. The van der Waals surface area contributed by atoms with Gasteiger partial charge in [-0.25, -0.2) is 4.98 Å². The highest BCUT2D eigenvalue weighted by atomic mass is 32.1. The highest BCUT2D eigenvalue weighted by Crippen LogP contribution is 2.36. The van der Waals surface area contributed by atoms with Gasteiger partial charge in [0.2, 0.25) is 5.82 Å². The van der Waals surface area contributed by atoms with Gasteiger partial charge in [0.1, 0.15) is 0 Å². The Morgan fingerprint density at radius 2 is 2.17 bits per heavy atom. The van der Waals surface area contributed by atoms with Gasteiger partial charge in [0.15, 0.2) is 5.01 Å². The summed E-state index contributed by atoms with van der Waals surface area (Å²) < 4.78 is 0. The largest absolute Gasteiger partial charge is 0.398 e. The van der Waals surface area contributed by atoms with Crippen LogP contribution in [-0.2, 0) is 0 Å². The first-order valence-corrected chi connectivity index (χ1v) is 8.28. The fourth-order valence-electron chi connectivity index (χ4n) is 2.46. The van der Waals surface area contributed by atoms with Crippen LogP contribution >= 0.6 is 11.3 Å². The minimum atomic E-state index is 0.465. The van der Waals surface area contributed by atoms with Crippen LogP contribution in [0.5, 0.6) is 0 Å². The Morgan fingerprint density at radius 1 is 1.26 bits per heavy atom. The van der Waals surface area contributed by atoms with E-state index in [4.69, 9.17) is 5.73 Å². The molecule has 0 saturated heterocycles. The number of hydrogen-bond acceptors (Lipinski definition) is 6. The molecule has 0 radical (unpaired) electrons. The van der Waals surface area contributed by atoms with E-state index in [0.717, 1.165) is 16.1 Å². The van der Waals surface area contributed by atoms with Crippen molar-refractivity contribution < 1.29 is 0 Å². The highest BCUT2D eigenvalue weighted by molar-refractivity contribution is 7.10.